The summed E-state index contributed by atoms with van der Waals surface area (Å²) in [7, 11) is 0. The number of hydrogen-bond donors (Lipinski definition) is 0. The molecule has 0 bridgehead atoms. The SMILES string of the molecule is CCC(=O)C(F)C(=O)CF. The van der Waals surface area contributed by atoms with E-state index >= 15 is 0 Å². The van der Waals surface area contributed by atoms with Gasteiger partial charge in [0.15, 0.2) is 12.5 Å². The van der Waals surface area contributed by atoms with Crippen LogP contribution in [0.1, 0.15) is 13.3 Å². The normalized spacial score (nSPS) is 12.7. The number of carbonyl (C=O) groups is 2. The number of carbonyl (C=O) groups excluding carboxylic acids is 2. The predicted molar refractivity (Wildman–Crippen MR) is 31.2 cm³/mol. The first-order chi connectivity index (χ1) is 4.63. The van der Waals surface area contributed by atoms with E-state index < -0.39 is 24.4 Å². The fraction of sp³-hybridized carbons (Fsp3) is 0.667. The molecule has 0 saturated heterocycles. The molecule has 0 N–H and O–H groups in total. The molecule has 4 heteroatoms. The summed E-state index contributed by atoms with van der Waals surface area (Å²) in [5.41, 5.74) is 0. The quantitative estimate of drug-likeness (QED) is 0.556. The van der Waals surface area contributed by atoms with Crippen molar-refractivity contribution in [2.75, 3.05) is 6.67 Å². The molecule has 0 fully saturated rings. The molecule has 0 saturated carbocycles. The standard InChI is InChI=1S/C6H8F2O2/c1-2-4(9)6(8)5(10)3-7/h6H,2-3H2,1H3. The van der Waals surface area contributed by atoms with Crippen LogP contribution in [0.5, 0.6) is 0 Å². The zero-order chi connectivity index (χ0) is 8.15. The van der Waals surface area contributed by atoms with Gasteiger partial charge in [-0.1, -0.05) is 6.92 Å². The molecule has 0 aromatic carbocycles. The smallest absolute Gasteiger partial charge is 0.218 e. The largest absolute Gasteiger partial charge is 0.296 e. The van der Waals surface area contributed by atoms with Gasteiger partial charge >= 0.3 is 0 Å². The number of halogens is 2. The van der Waals surface area contributed by atoms with E-state index in [9.17, 15) is 18.4 Å². The van der Waals surface area contributed by atoms with Crippen LogP contribution in [0.2, 0.25) is 0 Å². The van der Waals surface area contributed by atoms with Gasteiger partial charge < -0.3 is 0 Å². The van der Waals surface area contributed by atoms with Gasteiger partial charge in [-0.2, -0.15) is 0 Å². The summed E-state index contributed by atoms with van der Waals surface area (Å²) in [6.07, 6.45) is -2.33. The fourth-order valence-corrected chi connectivity index (χ4v) is 0.427. The van der Waals surface area contributed by atoms with Crippen LogP contribution in [0.25, 0.3) is 0 Å². The Morgan fingerprint density at radius 2 is 1.90 bits per heavy atom. The summed E-state index contributed by atoms with van der Waals surface area (Å²) in [6.45, 7) is 0.00727. The molecular formula is C6H8F2O2. The molecule has 0 aliphatic carbocycles. The molecule has 58 valence electrons. The number of rotatable bonds is 4. The van der Waals surface area contributed by atoms with Gasteiger partial charge in [-0.15, -0.1) is 0 Å². The number of alkyl halides is 2. The van der Waals surface area contributed by atoms with E-state index in [1.54, 1.807) is 0 Å². The van der Waals surface area contributed by atoms with E-state index in [1.807, 2.05) is 0 Å². The lowest BCUT2D eigenvalue weighted by Crippen LogP contribution is -2.26. The Bertz CT molecular complexity index is 129. The predicted octanol–water partition coefficient (Wildman–Crippen LogP) is 0.842. The van der Waals surface area contributed by atoms with E-state index in [-0.39, 0.29) is 6.42 Å². The van der Waals surface area contributed by atoms with Gasteiger partial charge in [0, 0.05) is 6.42 Å². The van der Waals surface area contributed by atoms with E-state index in [4.69, 9.17) is 0 Å². The van der Waals surface area contributed by atoms with Crippen molar-refractivity contribution in [3.05, 3.63) is 0 Å². The minimum atomic E-state index is -2.25. The summed E-state index contributed by atoms with van der Waals surface area (Å²) < 4.78 is 23.6. The summed E-state index contributed by atoms with van der Waals surface area (Å²) in [6, 6.07) is 0. The molecule has 0 amide bonds. The third-order valence-corrected chi connectivity index (χ3v) is 1.05. The first-order valence-electron chi connectivity index (χ1n) is 2.89. The summed E-state index contributed by atoms with van der Waals surface area (Å²) in [5, 5.41) is 0. The molecule has 0 aliphatic heterocycles. The molecule has 0 aromatic rings. The highest BCUT2D eigenvalue weighted by molar-refractivity contribution is 6.05. The van der Waals surface area contributed by atoms with Crippen molar-refractivity contribution in [3.8, 4) is 0 Å². The highest BCUT2D eigenvalue weighted by Crippen LogP contribution is 1.98. The first kappa shape index (κ1) is 9.20. The van der Waals surface area contributed by atoms with E-state index in [0.29, 0.717) is 0 Å². The second-order valence-corrected chi connectivity index (χ2v) is 1.78. The van der Waals surface area contributed by atoms with Crippen LogP contribution in [0.15, 0.2) is 0 Å². The topological polar surface area (TPSA) is 34.1 Å². The molecule has 1 unspecified atom stereocenters. The van der Waals surface area contributed by atoms with Crippen molar-refractivity contribution in [3.63, 3.8) is 0 Å². The molecule has 10 heavy (non-hydrogen) atoms. The van der Waals surface area contributed by atoms with Gasteiger partial charge in [-0.05, 0) is 0 Å². The molecule has 1 atom stereocenters. The molecule has 0 radical (unpaired) electrons. The third kappa shape index (κ3) is 2.21. The van der Waals surface area contributed by atoms with Gasteiger partial charge in [-0.25, -0.2) is 8.78 Å². The van der Waals surface area contributed by atoms with Crippen molar-refractivity contribution < 1.29 is 18.4 Å². The number of ketones is 2. The first-order valence-corrected chi connectivity index (χ1v) is 2.89. The van der Waals surface area contributed by atoms with Crippen molar-refractivity contribution in [1.82, 2.24) is 0 Å². The third-order valence-electron chi connectivity index (χ3n) is 1.05. The monoisotopic (exact) mass is 150 g/mol. The lowest BCUT2D eigenvalue weighted by molar-refractivity contribution is -0.134. The van der Waals surface area contributed by atoms with Crippen molar-refractivity contribution in [2.24, 2.45) is 0 Å². The van der Waals surface area contributed by atoms with Gasteiger partial charge in [0.2, 0.25) is 12.0 Å². The molecular weight excluding hydrogens is 142 g/mol. The second kappa shape index (κ2) is 4.09. The van der Waals surface area contributed by atoms with Crippen molar-refractivity contribution >= 4 is 11.6 Å². The minimum Gasteiger partial charge on any atom is -0.296 e. The number of Topliss-reactive ketones (excluding diaryl/α,β-unsaturated/α-hetero) is 2. The van der Waals surface area contributed by atoms with Gasteiger partial charge in [0.1, 0.15) is 0 Å². The Balaban J connectivity index is 3.94. The Labute approximate surface area is 57.2 Å². The van der Waals surface area contributed by atoms with E-state index in [0.717, 1.165) is 0 Å². The molecule has 0 aromatic heterocycles. The van der Waals surface area contributed by atoms with E-state index in [2.05, 4.69) is 0 Å². The molecule has 2 nitrogen and oxygen atoms in total. The van der Waals surface area contributed by atoms with Gasteiger partial charge in [0.25, 0.3) is 0 Å². The Morgan fingerprint density at radius 3 is 2.20 bits per heavy atom. The zero-order valence-corrected chi connectivity index (χ0v) is 5.56. The average molecular weight is 150 g/mol. The fourth-order valence-electron chi connectivity index (χ4n) is 0.427. The summed E-state index contributed by atoms with van der Waals surface area (Å²) >= 11 is 0. The summed E-state index contributed by atoms with van der Waals surface area (Å²) in [4.78, 5) is 20.5. The second-order valence-electron chi connectivity index (χ2n) is 1.78. The molecule has 0 spiro atoms. The Kier molecular flexibility index (Phi) is 3.76. The van der Waals surface area contributed by atoms with Crippen molar-refractivity contribution in [2.45, 2.75) is 19.5 Å². The Morgan fingerprint density at radius 1 is 1.40 bits per heavy atom. The lowest BCUT2D eigenvalue weighted by Gasteiger charge is -1.99. The minimum absolute atomic E-state index is 0.0765. The summed E-state index contributed by atoms with van der Waals surface area (Å²) in [5.74, 6) is -2.14. The number of hydrogen-bond acceptors (Lipinski definition) is 2. The van der Waals surface area contributed by atoms with Crippen molar-refractivity contribution in [1.29, 1.82) is 0 Å². The van der Waals surface area contributed by atoms with Crippen LogP contribution >= 0.6 is 0 Å². The van der Waals surface area contributed by atoms with Crippen LogP contribution in [-0.4, -0.2) is 24.4 Å². The maximum absolute atomic E-state index is 12.3. The highest BCUT2D eigenvalue weighted by atomic mass is 19.1. The van der Waals surface area contributed by atoms with Crippen LogP contribution in [0.4, 0.5) is 8.78 Å². The van der Waals surface area contributed by atoms with Crippen LogP contribution in [-0.2, 0) is 9.59 Å². The maximum atomic E-state index is 12.3. The van der Waals surface area contributed by atoms with Gasteiger partial charge in [0.05, 0.1) is 0 Å². The molecule has 0 rings (SSSR count). The maximum Gasteiger partial charge on any atom is 0.218 e. The average Bonchev–Trinajstić information content (AvgIpc) is 2.00. The highest BCUT2D eigenvalue weighted by Gasteiger charge is 2.23. The van der Waals surface area contributed by atoms with Gasteiger partial charge in [-0.3, -0.25) is 9.59 Å². The van der Waals surface area contributed by atoms with Crippen LogP contribution in [0, 0.1) is 0 Å². The lowest BCUT2D eigenvalue weighted by atomic mass is 10.1. The van der Waals surface area contributed by atoms with Crippen LogP contribution < -0.4 is 0 Å². The zero-order valence-electron chi connectivity index (χ0n) is 5.56. The molecule has 0 aliphatic rings. The van der Waals surface area contributed by atoms with E-state index in [1.165, 1.54) is 6.92 Å². The van der Waals surface area contributed by atoms with Crippen LogP contribution in [0.3, 0.4) is 0 Å². The Hall–Kier alpha value is -0.800. The molecule has 0 heterocycles.